The average Bonchev–Trinajstić information content (AvgIpc) is 2.97. The fraction of sp³-hybridized carbons (Fsp3) is 0.105. The lowest BCUT2D eigenvalue weighted by molar-refractivity contribution is 0.102. The van der Waals surface area contributed by atoms with Crippen LogP contribution >= 0.6 is 22.9 Å². The smallest absolute Gasteiger partial charge is 0.267 e. The molecule has 0 spiro atoms. The van der Waals surface area contributed by atoms with Gasteiger partial charge in [0.05, 0.1) is 5.69 Å². The van der Waals surface area contributed by atoms with Crippen LogP contribution < -0.4 is 10.6 Å². The Morgan fingerprint density at radius 3 is 2.42 bits per heavy atom. The van der Waals surface area contributed by atoms with E-state index in [1.165, 1.54) is 0 Å². The highest BCUT2D eigenvalue weighted by molar-refractivity contribution is 7.17. The van der Waals surface area contributed by atoms with Gasteiger partial charge in [-0.2, -0.15) is 0 Å². The van der Waals surface area contributed by atoms with E-state index in [4.69, 9.17) is 11.6 Å². The number of nitrogens with one attached hydrogen (secondary N) is 2. The molecule has 7 heteroatoms. The minimum absolute atomic E-state index is 0.257. The normalized spacial score (nSPS) is 10.4. The van der Waals surface area contributed by atoms with Gasteiger partial charge in [-0.15, -0.1) is 0 Å². The zero-order valence-electron chi connectivity index (χ0n) is 14.2. The number of carbonyl (C=O) groups is 2. The van der Waals surface area contributed by atoms with E-state index < -0.39 is 0 Å². The molecular formula is C19H16ClN3O2S. The molecule has 0 aliphatic rings. The number of anilines is 2. The first-order valence-corrected chi connectivity index (χ1v) is 9.04. The quantitative estimate of drug-likeness (QED) is 0.669. The van der Waals surface area contributed by atoms with Crippen molar-refractivity contribution in [3.05, 3.63) is 75.3 Å². The second-order valence-electron chi connectivity index (χ2n) is 5.72. The van der Waals surface area contributed by atoms with Crippen LogP contribution in [0.25, 0.3) is 0 Å². The highest BCUT2D eigenvalue weighted by Gasteiger charge is 2.17. The number of aryl methyl sites for hydroxylation is 2. The Bertz CT molecular complexity index is 967. The Labute approximate surface area is 160 Å². The average molecular weight is 386 g/mol. The Hall–Kier alpha value is -2.70. The van der Waals surface area contributed by atoms with Crippen LogP contribution in [0.2, 0.25) is 5.02 Å². The lowest BCUT2D eigenvalue weighted by Crippen LogP contribution is -2.11. The minimum atomic E-state index is -0.279. The molecular weight excluding hydrogens is 370 g/mol. The van der Waals surface area contributed by atoms with Gasteiger partial charge in [-0.05, 0) is 50.2 Å². The number of hydrogen-bond donors (Lipinski definition) is 2. The van der Waals surface area contributed by atoms with E-state index in [0.717, 1.165) is 16.9 Å². The van der Waals surface area contributed by atoms with Crippen molar-refractivity contribution in [1.82, 2.24) is 4.98 Å². The number of benzene rings is 2. The van der Waals surface area contributed by atoms with E-state index in [2.05, 4.69) is 15.6 Å². The molecule has 0 radical (unpaired) electrons. The van der Waals surface area contributed by atoms with Crippen molar-refractivity contribution in [2.24, 2.45) is 0 Å². The molecule has 0 unspecified atom stereocenters. The molecule has 5 nitrogen and oxygen atoms in total. The number of thiazole rings is 1. The third-order valence-corrected chi connectivity index (χ3v) is 4.93. The Balaban J connectivity index is 1.73. The number of nitrogens with zero attached hydrogens (tertiary/aromatic N) is 1. The molecule has 0 aliphatic carbocycles. The molecule has 132 valence electrons. The molecule has 0 saturated heterocycles. The number of rotatable bonds is 4. The van der Waals surface area contributed by atoms with Crippen LogP contribution in [0, 0.1) is 13.8 Å². The summed E-state index contributed by atoms with van der Waals surface area (Å²) in [5.74, 6) is -0.537. The zero-order valence-corrected chi connectivity index (χ0v) is 15.7. The van der Waals surface area contributed by atoms with Gasteiger partial charge >= 0.3 is 0 Å². The predicted octanol–water partition coefficient (Wildman–Crippen LogP) is 4.92. The van der Waals surface area contributed by atoms with Crippen LogP contribution in [-0.2, 0) is 0 Å². The third kappa shape index (κ3) is 4.28. The summed E-state index contributed by atoms with van der Waals surface area (Å²) in [5.41, 5.74) is 2.74. The monoisotopic (exact) mass is 385 g/mol. The fourth-order valence-corrected chi connectivity index (χ4v) is 3.32. The van der Waals surface area contributed by atoms with Crippen molar-refractivity contribution in [3.8, 4) is 0 Å². The Morgan fingerprint density at radius 1 is 1.00 bits per heavy atom. The Morgan fingerprint density at radius 2 is 1.73 bits per heavy atom. The van der Waals surface area contributed by atoms with Gasteiger partial charge in [0.15, 0.2) is 5.13 Å². The molecule has 3 aromatic rings. The largest absolute Gasteiger partial charge is 0.321 e. The molecule has 2 amide bonds. The molecule has 1 heterocycles. The van der Waals surface area contributed by atoms with Crippen molar-refractivity contribution in [2.75, 3.05) is 10.6 Å². The number of amides is 2. The molecule has 0 atom stereocenters. The summed E-state index contributed by atoms with van der Waals surface area (Å²) >= 11 is 6.98. The van der Waals surface area contributed by atoms with Gasteiger partial charge in [-0.1, -0.05) is 40.6 Å². The van der Waals surface area contributed by atoms with Gasteiger partial charge in [0, 0.05) is 16.3 Å². The van der Waals surface area contributed by atoms with Crippen molar-refractivity contribution in [2.45, 2.75) is 13.8 Å². The standard InChI is InChI=1S/C19H16ClN3O2S/c1-11-4-3-5-13(10-11)17(24)23-19-21-12(2)16(26-19)18(25)22-15-8-6-14(20)7-9-15/h3-10H,1-2H3,(H,22,25)(H,21,23,24). The number of aromatic nitrogens is 1. The van der Waals surface area contributed by atoms with Gasteiger partial charge in [0.1, 0.15) is 4.88 Å². The molecule has 0 saturated carbocycles. The first-order valence-electron chi connectivity index (χ1n) is 7.85. The van der Waals surface area contributed by atoms with Gasteiger partial charge in [-0.3, -0.25) is 14.9 Å². The van der Waals surface area contributed by atoms with Crippen molar-refractivity contribution in [3.63, 3.8) is 0 Å². The van der Waals surface area contributed by atoms with Crippen LogP contribution in [-0.4, -0.2) is 16.8 Å². The number of hydrogen-bond acceptors (Lipinski definition) is 4. The first kappa shape index (κ1) is 18.1. The van der Waals surface area contributed by atoms with Gasteiger partial charge < -0.3 is 5.32 Å². The van der Waals surface area contributed by atoms with Gasteiger partial charge in [-0.25, -0.2) is 4.98 Å². The second kappa shape index (κ2) is 7.68. The molecule has 3 rings (SSSR count). The van der Waals surface area contributed by atoms with E-state index in [-0.39, 0.29) is 11.8 Å². The van der Waals surface area contributed by atoms with E-state index in [1.807, 2.05) is 19.1 Å². The third-order valence-electron chi connectivity index (χ3n) is 3.61. The summed E-state index contributed by atoms with van der Waals surface area (Å²) in [6, 6.07) is 14.1. The van der Waals surface area contributed by atoms with E-state index >= 15 is 0 Å². The summed E-state index contributed by atoms with van der Waals surface area (Å²) in [6.45, 7) is 3.65. The van der Waals surface area contributed by atoms with E-state index in [1.54, 1.807) is 43.3 Å². The van der Waals surface area contributed by atoms with Crippen molar-refractivity contribution < 1.29 is 9.59 Å². The van der Waals surface area contributed by atoms with E-state index in [0.29, 0.717) is 32.0 Å². The highest BCUT2D eigenvalue weighted by atomic mass is 35.5. The summed E-state index contributed by atoms with van der Waals surface area (Å²) in [6.07, 6.45) is 0. The second-order valence-corrected chi connectivity index (χ2v) is 7.15. The topological polar surface area (TPSA) is 71.1 Å². The van der Waals surface area contributed by atoms with Crippen molar-refractivity contribution >= 4 is 45.6 Å². The SMILES string of the molecule is Cc1cccc(C(=O)Nc2nc(C)c(C(=O)Nc3ccc(Cl)cc3)s2)c1. The highest BCUT2D eigenvalue weighted by Crippen LogP contribution is 2.24. The lowest BCUT2D eigenvalue weighted by Gasteiger charge is -2.04. The van der Waals surface area contributed by atoms with Crippen LogP contribution in [0.4, 0.5) is 10.8 Å². The number of carbonyl (C=O) groups excluding carboxylic acids is 2. The van der Waals surface area contributed by atoms with Crippen molar-refractivity contribution in [1.29, 1.82) is 0 Å². The molecule has 1 aromatic heterocycles. The summed E-state index contributed by atoms with van der Waals surface area (Å²) in [7, 11) is 0. The maximum Gasteiger partial charge on any atom is 0.267 e. The number of halogens is 1. The van der Waals surface area contributed by atoms with E-state index in [9.17, 15) is 9.59 Å². The summed E-state index contributed by atoms with van der Waals surface area (Å²) in [5, 5.41) is 6.52. The lowest BCUT2D eigenvalue weighted by atomic mass is 10.1. The molecule has 0 aliphatic heterocycles. The van der Waals surface area contributed by atoms with Gasteiger partial charge in [0.2, 0.25) is 0 Å². The van der Waals surface area contributed by atoms with Crippen LogP contribution in [0.3, 0.4) is 0 Å². The molecule has 0 fully saturated rings. The molecule has 2 N–H and O–H groups in total. The molecule has 26 heavy (non-hydrogen) atoms. The molecule has 0 bridgehead atoms. The first-order chi connectivity index (χ1) is 12.4. The van der Waals surface area contributed by atoms with Crippen LogP contribution in [0.15, 0.2) is 48.5 Å². The summed E-state index contributed by atoms with van der Waals surface area (Å²) < 4.78 is 0. The Kier molecular flexibility index (Phi) is 5.35. The summed E-state index contributed by atoms with van der Waals surface area (Å²) in [4.78, 5) is 29.5. The maximum absolute atomic E-state index is 12.4. The fourth-order valence-electron chi connectivity index (χ4n) is 2.34. The van der Waals surface area contributed by atoms with Crippen LogP contribution in [0.1, 0.15) is 31.3 Å². The minimum Gasteiger partial charge on any atom is -0.321 e. The van der Waals surface area contributed by atoms with Gasteiger partial charge in [0.25, 0.3) is 11.8 Å². The zero-order chi connectivity index (χ0) is 18.7. The molecule has 2 aromatic carbocycles. The maximum atomic E-state index is 12.4. The van der Waals surface area contributed by atoms with Crippen LogP contribution in [0.5, 0.6) is 0 Å². The predicted molar refractivity (Wildman–Crippen MR) is 105 cm³/mol.